The summed E-state index contributed by atoms with van der Waals surface area (Å²) >= 11 is 0. The van der Waals surface area contributed by atoms with Gasteiger partial charge in [-0.1, -0.05) is 55.2 Å². The van der Waals surface area contributed by atoms with E-state index in [0.717, 1.165) is 34.4 Å². The number of hydrogen-bond donors (Lipinski definition) is 1. The maximum absolute atomic E-state index is 13.9. The number of aryl methyl sites for hydroxylation is 1. The van der Waals surface area contributed by atoms with E-state index >= 15 is 0 Å². The lowest BCUT2D eigenvalue weighted by atomic mass is 9.93. The second kappa shape index (κ2) is 9.89. The lowest BCUT2D eigenvalue weighted by molar-refractivity contribution is -0.118. The second-order valence-electron chi connectivity index (χ2n) is 8.43. The van der Waals surface area contributed by atoms with Crippen LogP contribution in [0, 0.1) is 18.7 Å². The molecule has 4 heteroatoms. The lowest BCUT2D eigenvalue weighted by Crippen LogP contribution is -2.33. The average Bonchev–Trinajstić information content (AvgIpc) is 3.66. The molecule has 1 aliphatic carbocycles. The highest BCUT2D eigenvalue weighted by Gasteiger charge is 2.23. The third-order valence-corrected chi connectivity index (χ3v) is 5.86. The van der Waals surface area contributed by atoms with E-state index in [-0.39, 0.29) is 11.7 Å². The molecule has 4 rings (SSSR count). The van der Waals surface area contributed by atoms with E-state index in [1.165, 1.54) is 6.07 Å². The Kier molecular flexibility index (Phi) is 6.76. The summed E-state index contributed by atoms with van der Waals surface area (Å²) in [5, 5.41) is 2.99. The average molecular weight is 441 g/mol. The lowest BCUT2D eigenvalue weighted by Gasteiger charge is -2.27. The zero-order valence-corrected chi connectivity index (χ0v) is 19.4. The van der Waals surface area contributed by atoms with Crippen LogP contribution in [0.2, 0.25) is 0 Å². The van der Waals surface area contributed by atoms with Crippen LogP contribution in [-0.2, 0) is 4.79 Å². The smallest absolute Gasteiger partial charge is 0.267 e. The molecule has 0 fully saturated rings. The summed E-state index contributed by atoms with van der Waals surface area (Å²) in [6.45, 7) is 6.50. The molecule has 0 radical (unpaired) electrons. The Hall–Kier alpha value is -3.62. The van der Waals surface area contributed by atoms with Crippen molar-refractivity contribution in [3.63, 3.8) is 0 Å². The first-order valence-corrected chi connectivity index (χ1v) is 11.4. The van der Waals surface area contributed by atoms with Gasteiger partial charge in [0.25, 0.3) is 5.91 Å². The van der Waals surface area contributed by atoms with Crippen LogP contribution in [-0.4, -0.2) is 17.4 Å². The minimum atomic E-state index is -0.207. The van der Waals surface area contributed by atoms with Crippen LogP contribution in [0.25, 0.3) is 5.57 Å². The molecule has 0 bridgehead atoms. The Bertz CT molecular complexity index is 1210. The van der Waals surface area contributed by atoms with Crippen LogP contribution >= 0.6 is 0 Å². The summed E-state index contributed by atoms with van der Waals surface area (Å²) in [5.74, 6) is 0.0795. The molecule has 0 spiro atoms. The normalized spacial score (nSPS) is 17.8. The van der Waals surface area contributed by atoms with Crippen molar-refractivity contribution in [2.75, 3.05) is 6.54 Å². The Morgan fingerprint density at radius 2 is 2.12 bits per heavy atom. The number of allylic oxidation sites excluding steroid dienone is 10. The van der Waals surface area contributed by atoms with Gasteiger partial charge in [0, 0.05) is 18.7 Å². The van der Waals surface area contributed by atoms with Crippen LogP contribution < -0.4 is 5.32 Å². The van der Waals surface area contributed by atoms with Crippen molar-refractivity contribution < 1.29 is 9.18 Å². The van der Waals surface area contributed by atoms with Crippen molar-refractivity contribution in [2.24, 2.45) is 5.92 Å². The first-order chi connectivity index (χ1) is 16.0. The van der Waals surface area contributed by atoms with Crippen LogP contribution in [0.4, 0.5) is 4.39 Å². The van der Waals surface area contributed by atoms with Crippen molar-refractivity contribution in [2.45, 2.75) is 33.6 Å². The molecule has 0 aromatic heterocycles. The minimum Gasteiger partial charge on any atom is -0.351 e. The van der Waals surface area contributed by atoms with Gasteiger partial charge in [-0.2, -0.15) is 0 Å². The van der Waals surface area contributed by atoms with E-state index in [1.807, 2.05) is 48.4 Å². The zero-order chi connectivity index (χ0) is 23.4. The number of halogens is 1. The quantitative estimate of drug-likeness (QED) is 0.308. The van der Waals surface area contributed by atoms with Crippen LogP contribution in [0.5, 0.6) is 0 Å². The van der Waals surface area contributed by atoms with Crippen molar-refractivity contribution in [1.82, 2.24) is 10.2 Å². The van der Waals surface area contributed by atoms with Crippen LogP contribution in [0.15, 0.2) is 101 Å². The third-order valence-electron chi connectivity index (χ3n) is 5.86. The minimum absolute atomic E-state index is 0.0912. The largest absolute Gasteiger partial charge is 0.351 e. The molecule has 1 aromatic carbocycles. The number of rotatable bonds is 7. The molecule has 1 N–H and O–H groups in total. The van der Waals surface area contributed by atoms with E-state index in [1.54, 1.807) is 6.92 Å². The predicted octanol–water partition coefficient (Wildman–Crippen LogP) is 6.26. The van der Waals surface area contributed by atoms with Crippen molar-refractivity contribution >= 4 is 11.5 Å². The van der Waals surface area contributed by atoms with Gasteiger partial charge >= 0.3 is 0 Å². The molecule has 3 nitrogen and oxygen atoms in total. The molecular formula is C29H29FN2O. The van der Waals surface area contributed by atoms with Gasteiger partial charge in [0.05, 0.1) is 5.70 Å². The molecule has 0 saturated heterocycles. The fourth-order valence-electron chi connectivity index (χ4n) is 3.81. The first-order valence-electron chi connectivity index (χ1n) is 11.4. The van der Waals surface area contributed by atoms with E-state index in [0.29, 0.717) is 30.1 Å². The number of carbonyl (C=O) groups excluding carboxylic acids is 1. The number of carbonyl (C=O) groups is 1. The summed E-state index contributed by atoms with van der Waals surface area (Å²) in [6.07, 6.45) is 20.0. The van der Waals surface area contributed by atoms with Crippen molar-refractivity contribution in [1.29, 1.82) is 0 Å². The molecule has 0 unspecified atom stereocenters. The summed E-state index contributed by atoms with van der Waals surface area (Å²) in [7, 11) is 0. The standard InChI is InChI=1S/C29H29FN2O/c1-4-17-31-29(33)28-8-6-5-7-25-14-12-24(19-32(25)28)26(15-11-22-9-10-22)21(3)23-13-16-27(30)20(2)18-23/h5,8-16,18-19,22H,4,6,17H2,1-3H3,(H,31,33)/b15-11-,26-21-. The van der Waals surface area contributed by atoms with E-state index < -0.39 is 0 Å². The number of amides is 1. The second-order valence-corrected chi connectivity index (χ2v) is 8.43. The fraction of sp³-hybridized carbons (Fsp3) is 0.241. The van der Waals surface area contributed by atoms with E-state index in [2.05, 4.69) is 48.4 Å². The number of hydrogen-bond acceptors (Lipinski definition) is 2. The number of nitrogens with zero attached hydrogens (tertiary/aromatic N) is 1. The van der Waals surface area contributed by atoms with Gasteiger partial charge in [0.1, 0.15) is 11.5 Å². The Labute approximate surface area is 195 Å². The van der Waals surface area contributed by atoms with Gasteiger partial charge in [-0.05, 0) is 78.8 Å². The summed E-state index contributed by atoms with van der Waals surface area (Å²) < 4.78 is 13.9. The van der Waals surface area contributed by atoms with E-state index in [4.69, 9.17) is 0 Å². The zero-order valence-electron chi connectivity index (χ0n) is 19.4. The van der Waals surface area contributed by atoms with Gasteiger partial charge in [0.15, 0.2) is 0 Å². The number of nitrogens with one attached hydrogen (secondary N) is 1. The molecule has 33 heavy (non-hydrogen) atoms. The van der Waals surface area contributed by atoms with Crippen LogP contribution in [0.1, 0.15) is 37.8 Å². The Morgan fingerprint density at radius 3 is 2.85 bits per heavy atom. The fourth-order valence-corrected chi connectivity index (χ4v) is 3.81. The number of benzene rings is 1. The monoisotopic (exact) mass is 440 g/mol. The summed E-state index contributed by atoms with van der Waals surface area (Å²) in [6, 6.07) is 5.21. The maximum Gasteiger partial charge on any atom is 0.267 e. The van der Waals surface area contributed by atoms with Gasteiger partial charge in [-0.3, -0.25) is 4.79 Å². The molecule has 0 saturated carbocycles. The number of fused-ring (bicyclic) bond motifs is 1. The van der Waals surface area contributed by atoms with E-state index in [9.17, 15) is 9.18 Å². The highest BCUT2D eigenvalue weighted by atomic mass is 19.1. The highest BCUT2D eigenvalue weighted by molar-refractivity contribution is 5.93. The first kappa shape index (κ1) is 22.6. The molecular weight excluding hydrogens is 411 g/mol. The van der Waals surface area contributed by atoms with Crippen LogP contribution in [0.3, 0.4) is 0 Å². The Morgan fingerprint density at radius 1 is 1.30 bits per heavy atom. The van der Waals surface area contributed by atoms with Crippen molar-refractivity contribution in [3.8, 4) is 0 Å². The van der Waals surface area contributed by atoms with Crippen molar-refractivity contribution in [3.05, 3.63) is 118 Å². The van der Waals surface area contributed by atoms with Gasteiger partial charge in [0.2, 0.25) is 0 Å². The topological polar surface area (TPSA) is 32.3 Å². The maximum atomic E-state index is 13.9. The molecule has 0 atom stereocenters. The van der Waals surface area contributed by atoms with Gasteiger partial charge in [-0.15, -0.1) is 0 Å². The molecule has 1 aromatic rings. The summed E-state index contributed by atoms with van der Waals surface area (Å²) in [4.78, 5) is 14.8. The molecule has 1 amide bonds. The van der Waals surface area contributed by atoms with Gasteiger partial charge in [-0.25, -0.2) is 4.39 Å². The van der Waals surface area contributed by atoms with Gasteiger partial charge < -0.3 is 10.2 Å². The molecule has 3 aliphatic rings. The third kappa shape index (κ3) is 5.24. The predicted molar refractivity (Wildman–Crippen MR) is 132 cm³/mol. The summed E-state index contributed by atoms with van der Waals surface area (Å²) in [5.41, 5.74) is 9.37. The SMILES string of the molecule is CCCNC(=O)C1=CCC=C=C2C=CC(C(/C=C\C3C=C3)=C(/C)c3ccc(F)c(C)c3)=CN21. The highest BCUT2D eigenvalue weighted by Crippen LogP contribution is 2.33. The molecule has 2 aliphatic heterocycles. The molecule has 2 heterocycles. The molecule has 168 valence electrons. The Balaban J connectivity index is 1.77.